The van der Waals surface area contributed by atoms with Crippen LogP contribution < -0.4 is 5.32 Å². The molecule has 0 bridgehead atoms. The molecule has 0 aliphatic carbocycles. The molecule has 7 heteroatoms. The van der Waals surface area contributed by atoms with Crippen LogP contribution >= 0.6 is 11.6 Å². The molecule has 0 saturated heterocycles. The number of alkyl carbamates (subject to hydrolysis) is 1. The number of carbonyl (C=O) groups excluding carboxylic acids is 1. The highest BCUT2D eigenvalue weighted by Crippen LogP contribution is 2.18. The van der Waals surface area contributed by atoms with Crippen LogP contribution in [-0.4, -0.2) is 18.9 Å². The second-order valence-electron chi connectivity index (χ2n) is 3.61. The van der Waals surface area contributed by atoms with E-state index in [9.17, 15) is 18.0 Å². The van der Waals surface area contributed by atoms with Gasteiger partial charge in [0.25, 0.3) is 0 Å². The van der Waals surface area contributed by atoms with Crippen LogP contribution in [0.4, 0.5) is 18.0 Å². The molecule has 0 heterocycles. The van der Waals surface area contributed by atoms with Gasteiger partial charge in [0.1, 0.15) is 0 Å². The van der Waals surface area contributed by atoms with Gasteiger partial charge in [0.15, 0.2) is 6.61 Å². The number of carbonyl (C=O) groups is 1. The summed E-state index contributed by atoms with van der Waals surface area (Å²) in [4.78, 5) is 11.1. The van der Waals surface area contributed by atoms with Crippen molar-refractivity contribution >= 4 is 17.7 Å². The molecule has 0 aliphatic rings. The molecular formula is C11H11ClF3NO2. The molecule has 0 aliphatic heterocycles. The minimum Gasteiger partial charge on any atom is -0.440 e. The molecule has 3 nitrogen and oxygen atoms in total. The summed E-state index contributed by atoms with van der Waals surface area (Å²) < 4.78 is 39.4. The topological polar surface area (TPSA) is 38.3 Å². The quantitative estimate of drug-likeness (QED) is 0.917. The van der Waals surface area contributed by atoms with Crippen molar-refractivity contribution in [3.05, 3.63) is 34.9 Å². The average molecular weight is 282 g/mol. The van der Waals surface area contributed by atoms with Crippen molar-refractivity contribution in [2.24, 2.45) is 0 Å². The predicted octanol–water partition coefficient (Wildman–Crippen LogP) is 3.69. The van der Waals surface area contributed by atoms with Crippen LogP contribution in [0.5, 0.6) is 0 Å². The van der Waals surface area contributed by atoms with Crippen molar-refractivity contribution in [2.45, 2.75) is 19.1 Å². The number of hydrogen-bond donors (Lipinski definition) is 1. The average Bonchev–Trinajstić information content (AvgIpc) is 2.25. The van der Waals surface area contributed by atoms with Crippen LogP contribution in [0.2, 0.25) is 5.02 Å². The Kier molecular flexibility index (Phi) is 4.84. The summed E-state index contributed by atoms with van der Waals surface area (Å²) >= 11 is 5.75. The SMILES string of the molecule is C[C@H](NC(=O)OCC(F)(F)F)c1cccc(Cl)c1. The Labute approximate surface area is 107 Å². The molecule has 0 saturated carbocycles. The van der Waals surface area contributed by atoms with Gasteiger partial charge in [-0.05, 0) is 24.6 Å². The maximum absolute atomic E-state index is 11.8. The van der Waals surface area contributed by atoms with Crippen molar-refractivity contribution in [3.8, 4) is 0 Å². The lowest BCUT2D eigenvalue weighted by Crippen LogP contribution is -2.30. The zero-order valence-electron chi connectivity index (χ0n) is 9.42. The normalized spacial score (nSPS) is 12.9. The third kappa shape index (κ3) is 5.27. The van der Waals surface area contributed by atoms with Gasteiger partial charge in [0.05, 0.1) is 6.04 Å². The van der Waals surface area contributed by atoms with Crippen LogP contribution in [0.25, 0.3) is 0 Å². The van der Waals surface area contributed by atoms with E-state index in [4.69, 9.17) is 11.6 Å². The van der Waals surface area contributed by atoms with Gasteiger partial charge in [-0.3, -0.25) is 0 Å². The Morgan fingerprint density at radius 1 is 1.50 bits per heavy atom. The molecule has 18 heavy (non-hydrogen) atoms. The van der Waals surface area contributed by atoms with E-state index in [1.165, 1.54) is 0 Å². The number of hydrogen-bond acceptors (Lipinski definition) is 2. The second kappa shape index (κ2) is 5.95. The van der Waals surface area contributed by atoms with E-state index in [2.05, 4.69) is 10.1 Å². The van der Waals surface area contributed by atoms with Crippen LogP contribution in [0.15, 0.2) is 24.3 Å². The molecule has 0 spiro atoms. The van der Waals surface area contributed by atoms with E-state index in [-0.39, 0.29) is 0 Å². The van der Waals surface area contributed by atoms with Gasteiger partial charge >= 0.3 is 12.3 Å². The van der Waals surface area contributed by atoms with Crippen LogP contribution in [0, 0.1) is 0 Å². The third-order valence-corrected chi connectivity index (χ3v) is 2.29. The summed E-state index contributed by atoms with van der Waals surface area (Å²) in [5, 5.41) is 2.75. The Hall–Kier alpha value is -1.43. The van der Waals surface area contributed by atoms with Crippen LogP contribution in [-0.2, 0) is 4.74 Å². The van der Waals surface area contributed by atoms with Gasteiger partial charge in [-0.2, -0.15) is 13.2 Å². The maximum atomic E-state index is 11.8. The first-order valence-corrected chi connectivity index (χ1v) is 5.41. The van der Waals surface area contributed by atoms with Crippen molar-refractivity contribution in [3.63, 3.8) is 0 Å². The van der Waals surface area contributed by atoms with E-state index in [1.807, 2.05) is 0 Å². The number of benzene rings is 1. The molecule has 1 rings (SSSR count). The maximum Gasteiger partial charge on any atom is 0.422 e. The van der Waals surface area contributed by atoms with Crippen molar-refractivity contribution in [1.29, 1.82) is 0 Å². The van der Waals surface area contributed by atoms with E-state index in [0.29, 0.717) is 10.6 Å². The lowest BCUT2D eigenvalue weighted by molar-refractivity contribution is -0.160. The molecule has 0 radical (unpaired) electrons. The van der Waals surface area contributed by atoms with Crippen molar-refractivity contribution in [2.75, 3.05) is 6.61 Å². The molecule has 0 aromatic heterocycles. The van der Waals surface area contributed by atoms with E-state index < -0.39 is 24.9 Å². The van der Waals surface area contributed by atoms with Gasteiger partial charge in [-0.15, -0.1) is 0 Å². The molecule has 1 aromatic carbocycles. The molecule has 1 amide bonds. The standard InChI is InChI=1S/C11H11ClF3NO2/c1-7(8-3-2-4-9(12)5-8)16-10(17)18-6-11(13,14)15/h2-5,7H,6H2,1H3,(H,16,17)/t7-/m0/s1. The van der Waals surface area contributed by atoms with Crippen molar-refractivity contribution in [1.82, 2.24) is 5.32 Å². The zero-order chi connectivity index (χ0) is 13.8. The number of ether oxygens (including phenoxy) is 1. The predicted molar refractivity (Wildman–Crippen MR) is 60.4 cm³/mol. The van der Waals surface area contributed by atoms with Gasteiger partial charge < -0.3 is 10.1 Å². The smallest absolute Gasteiger partial charge is 0.422 e. The Morgan fingerprint density at radius 3 is 2.72 bits per heavy atom. The molecule has 0 unspecified atom stereocenters. The fraction of sp³-hybridized carbons (Fsp3) is 0.364. The number of rotatable bonds is 3. The number of alkyl halides is 3. The minimum atomic E-state index is -4.53. The van der Waals surface area contributed by atoms with Gasteiger partial charge in [-0.1, -0.05) is 23.7 Å². The molecule has 1 aromatic rings. The summed E-state index contributed by atoms with van der Waals surface area (Å²) in [6.45, 7) is 0.00160. The van der Waals surface area contributed by atoms with E-state index in [0.717, 1.165) is 0 Å². The first-order valence-electron chi connectivity index (χ1n) is 5.03. The largest absolute Gasteiger partial charge is 0.440 e. The van der Waals surface area contributed by atoms with E-state index in [1.54, 1.807) is 31.2 Å². The number of halogens is 4. The lowest BCUT2D eigenvalue weighted by Gasteiger charge is -2.15. The Balaban J connectivity index is 2.50. The van der Waals surface area contributed by atoms with Crippen LogP contribution in [0.1, 0.15) is 18.5 Å². The lowest BCUT2D eigenvalue weighted by atomic mass is 10.1. The highest BCUT2D eigenvalue weighted by atomic mass is 35.5. The highest BCUT2D eigenvalue weighted by molar-refractivity contribution is 6.30. The summed E-state index contributed by atoms with van der Waals surface area (Å²) in [6, 6.07) is 6.14. The molecular weight excluding hydrogens is 271 g/mol. The van der Waals surface area contributed by atoms with E-state index >= 15 is 0 Å². The Bertz CT molecular complexity index is 423. The minimum absolute atomic E-state index is 0.477. The van der Waals surface area contributed by atoms with Gasteiger partial charge in [0.2, 0.25) is 0 Å². The van der Waals surface area contributed by atoms with Gasteiger partial charge in [0, 0.05) is 5.02 Å². The fourth-order valence-electron chi connectivity index (χ4n) is 1.23. The monoisotopic (exact) mass is 281 g/mol. The number of nitrogens with one attached hydrogen (secondary N) is 1. The Morgan fingerprint density at radius 2 is 2.17 bits per heavy atom. The van der Waals surface area contributed by atoms with Crippen molar-refractivity contribution < 1.29 is 22.7 Å². The van der Waals surface area contributed by atoms with Gasteiger partial charge in [-0.25, -0.2) is 4.79 Å². The molecule has 1 N–H and O–H groups in total. The highest BCUT2D eigenvalue weighted by Gasteiger charge is 2.29. The third-order valence-electron chi connectivity index (χ3n) is 2.05. The first kappa shape index (κ1) is 14.6. The summed E-state index contributed by atoms with van der Waals surface area (Å²) in [7, 11) is 0. The number of amides is 1. The summed E-state index contributed by atoms with van der Waals surface area (Å²) in [5.41, 5.74) is 0.673. The fourth-order valence-corrected chi connectivity index (χ4v) is 1.42. The molecule has 1 atom stereocenters. The molecule has 0 fully saturated rings. The zero-order valence-corrected chi connectivity index (χ0v) is 10.2. The first-order chi connectivity index (χ1) is 8.28. The summed E-state index contributed by atoms with van der Waals surface area (Å²) in [6.07, 6.45) is -5.66. The summed E-state index contributed by atoms with van der Waals surface area (Å²) in [5.74, 6) is 0. The second-order valence-corrected chi connectivity index (χ2v) is 4.05. The molecule has 100 valence electrons. The van der Waals surface area contributed by atoms with Crippen LogP contribution in [0.3, 0.4) is 0 Å².